The van der Waals surface area contributed by atoms with Gasteiger partial charge in [-0.25, -0.2) is 14.8 Å². The van der Waals surface area contributed by atoms with Crippen LogP contribution in [0.25, 0.3) is 0 Å². The molecule has 2 aromatic carbocycles. The molecule has 0 atom stereocenters. The van der Waals surface area contributed by atoms with Gasteiger partial charge in [0.25, 0.3) is 0 Å². The third kappa shape index (κ3) is 4.36. The molecule has 0 saturated heterocycles. The number of nitro groups is 1. The number of benzene rings is 2. The molecule has 3 aromatic rings. The summed E-state index contributed by atoms with van der Waals surface area (Å²) in [6, 6.07) is 11.6. The highest BCUT2D eigenvalue weighted by Crippen LogP contribution is 2.37. The van der Waals surface area contributed by atoms with Crippen molar-refractivity contribution in [2.75, 3.05) is 30.5 Å². The number of para-hydroxylation sites is 1. The summed E-state index contributed by atoms with van der Waals surface area (Å²) in [6.45, 7) is 2.76. The van der Waals surface area contributed by atoms with Crippen LogP contribution in [0.1, 0.15) is 17.3 Å². The van der Waals surface area contributed by atoms with Crippen molar-refractivity contribution in [3.05, 3.63) is 64.5 Å². The second-order valence-corrected chi connectivity index (χ2v) is 6.55. The number of aromatic nitrogens is 2. The zero-order chi connectivity index (χ0) is 22.5. The van der Waals surface area contributed by atoms with E-state index in [0.29, 0.717) is 36.1 Å². The van der Waals surface area contributed by atoms with Crippen molar-refractivity contribution in [1.82, 2.24) is 9.97 Å². The average Bonchev–Trinajstić information content (AvgIpc) is 2.79. The van der Waals surface area contributed by atoms with Gasteiger partial charge in [-0.05, 0) is 31.2 Å². The number of anilines is 4. The summed E-state index contributed by atoms with van der Waals surface area (Å²) in [4.78, 5) is 31.6. The summed E-state index contributed by atoms with van der Waals surface area (Å²) >= 11 is 0. The van der Waals surface area contributed by atoms with Crippen LogP contribution in [0.2, 0.25) is 0 Å². The van der Waals surface area contributed by atoms with Gasteiger partial charge in [0.1, 0.15) is 19.5 Å². The first-order valence-electron chi connectivity index (χ1n) is 9.76. The highest BCUT2D eigenvalue weighted by atomic mass is 16.6. The molecule has 0 spiro atoms. The van der Waals surface area contributed by atoms with Crippen LogP contribution < -0.4 is 20.1 Å². The fraction of sp³-hybridized carbons (Fsp3) is 0.190. The van der Waals surface area contributed by atoms with Crippen molar-refractivity contribution < 1.29 is 23.9 Å². The first-order valence-corrected chi connectivity index (χ1v) is 9.76. The lowest BCUT2D eigenvalue weighted by Crippen LogP contribution is -2.15. The third-order valence-corrected chi connectivity index (χ3v) is 4.49. The minimum Gasteiger partial charge on any atom is -0.486 e. The molecule has 1 aliphatic heterocycles. The molecule has 0 bridgehead atoms. The lowest BCUT2D eigenvalue weighted by molar-refractivity contribution is -0.383. The molecule has 2 heterocycles. The van der Waals surface area contributed by atoms with Gasteiger partial charge in [-0.1, -0.05) is 12.1 Å². The standard InChI is InChI=1S/C21H19N5O6/c1-2-30-21(27)14-5-3-4-6-15(14)25-20-18(26(28)29)19(22-12-23-20)24-13-7-8-16-17(11-13)32-10-9-31-16/h3-8,11-12H,2,9-10H2,1H3,(H2,22,23,24,25). The quantitative estimate of drug-likeness (QED) is 0.319. The Hall–Kier alpha value is -4.41. The van der Waals surface area contributed by atoms with E-state index < -0.39 is 10.9 Å². The van der Waals surface area contributed by atoms with E-state index in [1.54, 1.807) is 49.4 Å². The highest BCUT2D eigenvalue weighted by Gasteiger charge is 2.25. The van der Waals surface area contributed by atoms with Crippen LogP contribution in [0.5, 0.6) is 11.5 Å². The van der Waals surface area contributed by atoms with Gasteiger partial charge >= 0.3 is 11.7 Å². The minimum absolute atomic E-state index is 0.0298. The molecule has 1 aromatic heterocycles. The van der Waals surface area contributed by atoms with Gasteiger partial charge in [-0.3, -0.25) is 10.1 Å². The fourth-order valence-corrected chi connectivity index (χ4v) is 3.10. The minimum atomic E-state index is -0.602. The van der Waals surface area contributed by atoms with E-state index in [1.807, 2.05) is 0 Å². The van der Waals surface area contributed by atoms with E-state index in [0.717, 1.165) is 0 Å². The van der Waals surface area contributed by atoms with Gasteiger partial charge in [-0.2, -0.15) is 0 Å². The molecule has 32 heavy (non-hydrogen) atoms. The van der Waals surface area contributed by atoms with Crippen LogP contribution in [0.15, 0.2) is 48.8 Å². The van der Waals surface area contributed by atoms with Gasteiger partial charge in [0.2, 0.25) is 11.6 Å². The normalized spacial score (nSPS) is 12.0. The molecule has 0 amide bonds. The first kappa shape index (κ1) is 20.8. The van der Waals surface area contributed by atoms with E-state index in [1.165, 1.54) is 6.33 Å². The van der Waals surface area contributed by atoms with Gasteiger partial charge < -0.3 is 24.8 Å². The lowest BCUT2D eigenvalue weighted by atomic mass is 10.1. The van der Waals surface area contributed by atoms with Crippen molar-refractivity contribution >= 4 is 34.7 Å². The van der Waals surface area contributed by atoms with E-state index in [2.05, 4.69) is 20.6 Å². The number of fused-ring (bicyclic) bond motifs is 1. The number of hydrogen-bond donors (Lipinski definition) is 2. The molecule has 4 rings (SSSR count). The molecular weight excluding hydrogens is 418 g/mol. The van der Waals surface area contributed by atoms with Gasteiger partial charge in [-0.15, -0.1) is 0 Å². The van der Waals surface area contributed by atoms with Crippen LogP contribution in [0, 0.1) is 10.1 Å². The van der Waals surface area contributed by atoms with Crippen LogP contribution in [0.3, 0.4) is 0 Å². The predicted octanol–water partition coefficient (Wildman–Crippen LogP) is 3.82. The van der Waals surface area contributed by atoms with Crippen LogP contribution >= 0.6 is 0 Å². The monoisotopic (exact) mass is 437 g/mol. The molecule has 11 nitrogen and oxygen atoms in total. The molecular formula is C21H19N5O6. The molecule has 0 aliphatic carbocycles. The Morgan fingerprint density at radius 3 is 2.56 bits per heavy atom. The molecule has 1 aliphatic rings. The SMILES string of the molecule is CCOC(=O)c1ccccc1Nc1ncnc(Nc2ccc3c(c2)OCCO3)c1[N+](=O)[O-]. The number of esters is 1. The summed E-state index contributed by atoms with van der Waals surface area (Å²) in [5.41, 5.74) is 0.677. The number of nitrogens with one attached hydrogen (secondary N) is 2. The molecule has 0 unspecified atom stereocenters. The summed E-state index contributed by atoms with van der Waals surface area (Å²) in [7, 11) is 0. The zero-order valence-corrected chi connectivity index (χ0v) is 17.0. The van der Waals surface area contributed by atoms with Crippen molar-refractivity contribution in [2.45, 2.75) is 6.92 Å². The molecule has 11 heteroatoms. The number of carbonyl (C=O) groups is 1. The maximum Gasteiger partial charge on any atom is 0.353 e. The molecule has 2 N–H and O–H groups in total. The molecule has 0 radical (unpaired) electrons. The van der Waals surface area contributed by atoms with Crippen LogP contribution in [0.4, 0.5) is 28.7 Å². The van der Waals surface area contributed by atoms with Crippen LogP contribution in [-0.4, -0.2) is 40.7 Å². The highest BCUT2D eigenvalue weighted by molar-refractivity contribution is 5.97. The molecule has 0 fully saturated rings. The summed E-state index contributed by atoms with van der Waals surface area (Å²) < 4.78 is 16.1. The summed E-state index contributed by atoms with van der Waals surface area (Å²) in [5.74, 6) is 0.457. The van der Waals surface area contributed by atoms with Crippen molar-refractivity contribution in [2.24, 2.45) is 0 Å². The summed E-state index contributed by atoms with van der Waals surface area (Å²) in [6.07, 6.45) is 1.18. The maximum absolute atomic E-state index is 12.2. The first-order chi connectivity index (χ1) is 15.6. The Bertz CT molecular complexity index is 1170. The predicted molar refractivity (Wildman–Crippen MR) is 115 cm³/mol. The largest absolute Gasteiger partial charge is 0.486 e. The van der Waals surface area contributed by atoms with Crippen molar-refractivity contribution in [1.29, 1.82) is 0 Å². The van der Waals surface area contributed by atoms with Gasteiger partial charge in [0.15, 0.2) is 11.5 Å². The van der Waals surface area contributed by atoms with E-state index in [9.17, 15) is 14.9 Å². The zero-order valence-electron chi connectivity index (χ0n) is 17.0. The van der Waals surface area contributed by atoms with Gasteiger partial charge in [0.05, 0.1) is 22.8 Å². The molecule has 164 valence electrons. The van der Waals surface area contributed by atoms with Gasteiger partial charge in [0, 0.05) is 11.8 Å². The topological polar surface area (TPSA) is 138 Å². The number of carbonyl (C=O) groups excluding carboxylic acids is 1. The Balaban J connectivity index is 1.67. The smallest absolute Gasteiger partial charge is 0.353 e. The second kappa shape index (κ2) is 9.16. The van der Waals surface area contributed by atoms with Crippen LogP contribution in [-0.2, 0) is 4.74 Å². The Morgan fingerprint density at radius 2 is 1.81 bits per heavy atom. The number of nitrogens with zero attached hydrogens (tertiary/aromatic N) is 3. The van der Waals surface area contributed by atoms with E-state index >= 15 is 0 Å². The number of ether oxygens (including phenoxy) is 3. The summed E-state index contributed by atoms with van der Waals surface area (Å²) in [5, 5.41) is 17.7. The van der Waals surface area contributed by atoms with E-state index in [4.69, 9.17) is 14.2 Å². The van der Waals surface area contributed by atoms with Crippen molar-refractivity contribution in [3.8, 4) is 11.5 Å². The number of hydrogen-bond acceptors (Lipinski definition) is 10. The Morgan fingerprint density at radius 1 is 1.09 bits per heavy atom. The van der Waals surface area contributed by atoms with Crippen molar-refractivity contribution in [3.63, 3.8) is 0 Å². The second-order valence-electron chi connectivity index (χ2n) is 6.55. The lowest BCUT2D eigenvalue weighted by Gasteiger charge is -2.19. The number of rotatable bonds is 7. The molecule has 0 saturated carbocycles. The third-order valence-electron chi connectivity index (χ3n) is 4.49. The fourth-order valence-electron chi connectivity index (χ4n) is 3.10. The maximum atomic E-state index is 12.2. The Kier molecular flexibility index (Phi) is 5.97. The average molecular weight is 437 g/mol. The Labute approximate surface area is 182 Å². The van der Waals surface area contributed by atoms with E-state index in [-0.39, 0.29) is 29.5 Å².